The van der Waals surface area contributed by atoms with Gasteiger partial charge < -0.3 is 24.3 Å². The fraction of sp³-hybridized carbons (Fsp3) is 0.478. The Balaban J connectivity index is 1.38. The molecule has 2 aromatic rings. The minimum atomic E-state index is -0.185. The molecule has 3 rings (SSSR count). The molecule has 0 atom stereocenters. The van der Waals surface area contributed by atoms with Gasteiger partial charge in [0.25, 0.3) is 5.91 Å². The Morgan fingerprint density at radius 3 is 2.63 bits per heavy atom. The summed E-state index contributed by atoms with van der Waals surface area (Å²) in [7, 11) is 4.20. The van der Waals surface area contributed by atoms with Crippen LogP contribution in [0, 0.1) is 17.2 Å². The van der Waals surface area contributed by atoms with Crippen molar-refractivity contribution in [3.05, 3.63) is 53.5 Å². The molecule has 0 unspecified atom stereocenters. The van der Waals surface area contributed by atoms with E-state index in [4.69, 9.17) is 14.4 Å². The molecule has 1 aromatic heterocycles. The molecular weight excluding hydrogens is 380 g/mol. The van der Waals surface area contributed by atoms with E-state index in [1.165, 1.54) is 0 Å². The van der Waals surface area contributed by atoms with Gasteiger partial charge in [0.15, 0.2) is 5.76 Å². The first-order valence-electron chi connectivity index (χ1n) is 10.4. The molecule has 7 heteroatoms. The van der Waals surface area contributed by atoms with Crippen LogP contribution in [0.5, 0.6) is 5.75 Å². The number of benzene rings is 1. The number of nitrogens with zero attached hydrogens (tertiary/aromatic N) is 3. The third-order valence-corrected chi connectivity index (χ3v) is 5.37. The van der Waals surface area contributed by atoms with Gasteiger partial charge in [-0.2, -0.15) is 5.26 Å². The molecular formula is C23H30N4O3. The van der Waals surface area contributed by atoms with Crippen molar-refractivity contribution in [2.75, 3.05) is 46.8 Å². The van der Waals surface area contributed by atoms with Crippen LogP contribution in [-0.4, -0.2) is 62.5 Å². The Morgan fingerprint density at radius 2 is 1.97 bits per heavy atom. The molecule has 30 heavy (non-hydrogen) atoms. The minimum Gasteiger partial charge on any atom is -0.486 e. The van der Waals surface area contributed by atoms with Crippen molar-refractivity contribution in [1.29, 1.82) is 5.26 Å². The topological polar surface area (TPSA) is 81.7 Å². The zero-order chi connectivity index (χ0) is 21.3. The van der Waals surface area contributed by atoms with E-state index < -0.39 is 0 Å². The van der Waals surface area contributed by atoms with Crippen LogP contribution >= 0.6 is 0 Å². The van der Waals surface area contributed by atoms with E-state index in [1.54, 1.807) is 36.4 Å². The Hall–Kier alpha value is -2.82. The highest BCUT2D eigenvalue weighted by atomic mass is 16.5. The largest absolute Gasteiger partial charge is 0.486 e. The smallest absolute Gasteiger partial charge is 0.287 e. The number of nitrogens with one attached hydrogen (secondary N) is 1. The van der Waals surface area contributed by atoms with E-state index >= 15 is 0 Å². The van der Waals surface area contributed by atoms with Crippen LogP contribution in [-0.2, 0) is 6.61 Å². The molecule has 1 aliphatic rings. The van der Waals surface area contributed by atoms with Crippen LogP contribution in [0.25, 0.3) is 0 Å². The molecule has 0 radical (unpaired) electrons. The molecule has 1 aliphatic heterocycles. The average Bonchev–Trinajstić information content (AvgIpc) is 3.25. The van der Waals surface area contributed by atoms with Gasteiger partial charge in [0, 0.05) is 19.6 Å². The SMILES string of the molecule is CN(C)CCN1CCC(CNC(=O)c2ccc(COc3ccc(C#N)cc3)o2)CC1. The van der Waals surface area contributed by atoms with Crippen molar-refractivity contribution >= 4 is 5.91 Å². The number of carbonyl (C=O) groups is 1. The van der Waals surface area contributed by atoms with Crippen molar-refractivity contribution in [2.24, 2.45) is 5.92 Å². The highest BCUT2D eigenvalue weighted by Gasteiger charge is 2.20. The summed E-state index contributed by atoms with van der Waals surface area (Å²) in [5, 5.41) is 11.8. The van der Waals surface area contributed by atoms with Gasteiger partial charge in [-0.3, -0.25) is 4.79 Å². The Bertz CT molecular complexity index is 846. The number of hydrogen-bond acceptors (Lipinski definition) is 6. The van der Waals surface area contributed by atoms with Gasteiger partial charge in [-0.25, -0.2) is 0 Å². The van der Waals surface area contributed by atoms with Crippen LogP contribution in [0.15, 0.2) is 40.8 Å². The summed E-state index contributed by atoms with van der Waals surface area (Å²) in [4.78, 5) is 17.1. The maximum Gasteiger partial charge on any atom is 0.287 e. The molecule has 0 spiro atoms. The number of rotatable bonds is 9. The molecule has 1 amide bonds. The Labute approximate surface area is 178 Å². The fourth-order valence-electron chi connectivity index (χ4n) is 3.44. The number of furan rings is 1. The van der Waals surface area contributed by atoms with Crippen LogP contribution < -0.4 is 10.1 Å². The number of piperidine rings is 1. The third-order valence-electron chi connectivity index (χ3n) is 5.37. The van der Waals surface area contributed by atoms with Crippen molar-refractivity contribution in [1.82, 2.24) is 15.1 Å². The molecule has 0 saturated carbocycles. The Morgan fingerprint density at radius 1 is 1.23 bits per heavy atom. The van der Waals surface area contributed by atoms with Crippen LogP contribution in [0.4, 0.5) is 0 Å². The highest BCUT2D eigenvalue weighted by molar-refractivity contribution is 5.91. The van der Waals surface area contributed by atoms with E-state index in [1.807, 2.05) is 0 Å². The summed E-state index contributed by atoms with van der Waals surface area (Å²) in [5.41, 5.74) is 0.582. The van der Waals surface area contributed by atoms with Crippen molar-refractivity contribution in [3.8, 4) is 11.8 Å². The standard InChI is InChI=1S/C23H30N4O3/c1-26(2)13-14-27-11-9-19(10-12-27)16-25-23(28)22-8-7-21(30-22)17-29-20-5-3-18(15-24)4-6-20/h3-8,19H,9-14,16-17H2,1-2H3,(H,25,28). The van der Waals surface area contributed by atoms with Gasteiger partial charge in [0.1, 0.15) is 18.1 Å². The second-order valence-electron chi connectivity index (χ2n) is 7.99. The number of hydrogen-bond donors (Lipinski definition) is 1. The lowest BCUT2D eigenvalue weighted by atomic mass is 9.97. The summed E-state index contributed by atoms with van der Waals surface area (Å²) in [6, 6.07) is 12.4. The van der Waals surface area contributed by atoms with E-state index in [0.29, 0.717) is 35.3 Å². The quantitative estimate of drug-likeness (QED) is 0.685. The van der Waals surface area contributed by atoms with E-state index in [0.717, 1.165) is 39.0 Å². The van der Waals surface area contributed by atoms with Gasteiger partial charge in [-0.1, -0.05) is 0 Å². The first kappa shape index (κ1) is 21.9. The molecule has 7 nitrogen and oxygen atoms in total. The summed E-state index contributed by atoms with van der Waals surface area (Å²) in [5.74, 6) is 1.86. The van der Waals surface area contributed by atoms with E-state index in [9.17, 15) is 4.79 Å². The minimum absolute atomic E-state index is 0.185. The van der Waals surface area contributed by atoms with Gasteiger partial charge >= 0.3 is 0 Å². The number of nitriles is 1. The van der Waals surface area contributed by atoms with E-state index in [2.05, 4.69) is 35.3 Å². The second kappa shape index (κ2) is 10.8. The van der Waals surface area contributed by atoms with Gasteiger partial charge in [0.05, 0.1) is 11.6 Å². The van der Waals surface area contributed by atoms with Gasteiger partial charge in [-0.15, -0.1) is 0 Å². The fourth-order valence-corrected chi connectivity index (χ4v) is 3.44. The molecule has 2 heterocycles. The van der Waals surface area contributed by atoms with Crippen LogP contribution in [0.2, 0.25) is 0 Å². The zero-order valence-corrected chi connectivity index (χ0v) is 17.8. The predicted molar refractivity (Wildman–Crippen MR) is 114 cm³/mol. The molecule has 160 valence electrons. The van der Waals surface area contributed by atoms with Crippen molar-refractivity contribution in [3.63, 3.8) is 0 Å². The molecule has 1 fully saturated rings. The average molecular weight is 411 g/mol. The number of likely N-dealkylation sites (N-methyl/N-ethyl adjacent to an activating group) is 1. The summed E-state index contributed by atoms with van der Waals surface area (Å²) in [6.45, 7) is 5.27. The van der Waals surface area contributed by atoms with Crippen LogP contribution in [0.3, 0.4) is 0 Å². The molecule has 1 aromatic carbocycles. The number of carbonyl (C=O) groups excluding carboxylic acids is 1. The molecule has 0 bridgehead atoms. The second-order valence-corrected chi connectivity index (χ2v) is 7.99. The number of ether oxygens (including phenoxy) is 1. The number of likely N-dealkylation sites (tertiary alicyclic amines) is 1. The summed E-state index contributed by atoms with van der Waals surface area (Å²) < 4.78 is 11.3. The van der Waals surface area contributed by atoms with Crippen molar-refractivity contribution < 1.29 is 13.9 Å². The lowest BCUT2D eigenvalue weighted by molar-refractivity contribution is 0.0903. The lowest BCUT2D eigenvalue weighted by Gasteiger charge is -2.32. The first-order chi connectivity index (χ1) is 14.5. The zero-order valence-electron chi connectivity index (χ0n) is 17.8. The van der Waals surface area contributed by atoms with E-state index in [-0.39, 0.29) is 12.5 Å². The maximum absolute atomic E-state index is 12.4. The summed E-state index contributed by atoms with van der Waals surface area (Å²) >= 11 is 0. The third kappa shape index (κ3) is 6.61. The molecule has 0 aliphatic carbocycles. The number of amides is 1. The Kier molecular flexibility index (Phi) is 7.89. The first-order valence-corrected chi connectivity index (χ1v) is 10.4. The van der Waals surface area contributed by atoms with Crippen molar-refractivity contribution in [2.45, 2.75) is 19.4 Å². The predicted octanol–water partition coefficient (Wildman–Crippen LogP) is 2.73. The molecule has 1 N–H and O–H groups in total. The normalized spacial score (nSPS) is 15.1. The highest BCUT2D eigenvalue weighted by Crippen LogP contribution is 2.18. The molecule has 1 saturated heterocycles. The summed E-state index contributed by atoms with van der Waals surface area (Å²) in [6.07, 6.45) is 2.21. The van der Waals surface area contributed by atoms with Gasteiger partial charge in [0.2, 0.25) is 0 Å². The maximum atomic E-state index is 12.4. The van der Waals surface area contributed by atoms with Crippen LogP contribution in [0.1, 0.15) is 34.7 Å². The lowest BCUT2D eigenvalue weighted by Crippen LogP contribution is -2.41. The monoisotopic (exact) mass is 410 g/mol. The van der Waals surface area contributed by atoms with Gasteiger partial charge in [-0.05, 0) is 82.3 Å².